The number of imide groups is 1. The van der Waals surface area contributed by atoms with Gasteiger partial charge < -0.3 is 4.74 Å². The van der Waals surface area contributed by atoms with Gasteiger partial charge in [-0.3, -0.25) is 14.9 Å². The molecule has 0 saturated carbocycles. The largest absolute Gasteiger partial charge is 0.490 e. The highest BCUT2D eigenvalue weighted by Gasteiger charge is 2.30. The summed E-state index contributed by atoms with van der Waals surface area (Å²) in [4.78, 5) is 22.8. The zero-order chi connectivity index (χ0) is 11.0. The van der Waals surface area contributed by atoms with E-state index in [0.29, 0.717) is 16.9 Å². The Bertz CT molecular complexity index is 437. The Morgan fingerprint density at radius 1 is 1.20 bits per heavy atom. The maximum atomic E-state index is 11.5. The van der Waals surface area contributed by atoms with Crippen LogP contribution < -0.4 is 10.1 Å². The Hall–Kier alpha value is -1.84. The van der Waals surface area contributed by atoms with Crippen LogP contribution in [0, 0.1) is 0 Å². The summed E-state index contributed by atoms with van der Waals surface area (Å²) in [5, 5.41) is 2.24. The molecule has 0 spiro atoms. The van der Waals surface area contributed by atoms with Crippen LogP contribution >= 0.6 is 0 Å². The van der Waals surface area contributed by atoms with Gasteiger partial charge in [-0.05, 0) is 26.0 Å². The molecule has 4 heteroatoms. The van der Waals surface area contributed by atoms with Gasteiger partial charge in [-0.25, -0.2) is 0 Å². The number of hydrogen-bond acceptors (Lipinski definition) is 3. The molecule has 4 nitrogen and oxygen atoms in total. The summed E-state index contributed by atoms with van der Waals surface area (Å²) >= 11 is 0. The van der Waals surface area contributed by atoms with Gasteiger partial charge in [0.25, 0.3) is 11.8 Å². The maximum absolute atomic E-state index is 11.5. The van der Waals surface area contributed by atoms with E-state index in [2.05, 4.69) is 5.32 Å². The fourth-order valence-corrected chi connectivity index (χ4v) is 1.54. The van der Waals surface area contributed by atoms with E-state index in [1.165, 1.54) is 0 Å². The first-order valence-corrected chi connectivity index (χ1v) is 4.75. The molecule has 0 bridgehead atoms. The van der Waals surface area contributed by atoms with Crippen LogP contribution in [0.4, 0.5) is 0 Å². The van der Waals surface area contributed by atoms with Crippen molar-refractivity contribution >= 4 is 11.8 Å². The molecule has 0 saturated heterocycles. The van der Waals surface area contributed by atoms with Gasteiger partial charge in [-0.15, -0.1) is 0 Å². The molecule has 0 fully saturated rings. The third-order valence-corrected chi connectivity index (χ3v) is 2.09. The van der Waals surface area contributed by atoms with Gasteiger partial charge in [0.1, 0.15) is 5.75 Å². The normalized spacial score (nSPS) is 14.1. The van der Waals surface area contributed by atoms with E-state index < -0.39 is 0 Å². The first-order valence-electron chi connectivity index (χ1n) is 4.75. The Morgan fingerprint density at radius 3 is 2.60 bits per heavy atom. The Kier molecular flexibility index (Phi) is 2.19. The van der Waals surface area contributed by atoms with Gasteiger partial charge in [0.15, 0.2) is 0 Å². The van der Waals surface area contributed by atoms with E-state index in [-0.39, 0.29) is 17.9 Å². The van der Waals surface area contributed by atoms with Crippen LogP contribution in [0.5, 0.6) is 5.75 Å². The van der Waals surface area contributed by atoms with Crippen molar-refractivity contribution in [2.75, 3.05) is 0 Å². The standard InChI is InChI=1S/C11H11NO3/c1-6(2)15-8-5-3-4-7-9(8)11(14)12-10(7)13/h3-6H,1-2H3,(H,12,13,14). The maximum Gasteiger partial charge on any atom is 0.262 e. The third kappa shape index (κ3) is 1.58. The first kappa shape index (κ1) is 9.71. The van der Waals surface area contributed by atoms with Crippen molar-refractivity contribution in [3.63, 3.8) is 0 Å². The van der Waals surface area contributed by atoms with E-state index in [4.69, 9.17) is 4.74 Å². The molecule has 1 aliphatic rings. The lowest BCUT2D eigenvalue weighted by molar-refractivity contribution is 0.0878. The molecule has 1 aliphatic heterocycles. The SMILES string of the molecule is CC(C)Oc1cccc2c1C(=O)NC2=O. The van der Waals surface area contributed by atoms with E-state index in [1.54, 1.807) is 18.2 Å². The summed E-state index contributed by atoms with van der Waals surface area (Å²) in [6.45, 7) is 3.74. The number of carbonyl (C=O) groups is 2. The van der Waals surface area contributed by atoms with Gasteiger partial charge in [0.05, 0.1) is 17.2 Å². The van der Waals surface area contributed by atoms with E-state index >= 15 is 0 Å². The zero-order valence-electron chi connectivity index (χ0n) is 8.53. The lowest BCUT2D eigenvalue weighted by Crippen LogP contribution is -2.20. The number of rotatable bonds is 2. The second kappa shape index (κ2) is 3.38. The summed E-state index contributed by atoms with van der Waals surface area (Å²) in [7, 11) is 0. The molecule has 1 heterocycles. The summed E-state index contributed by atoms with van der Waals surface area (Å²) in [5.74, 6) is -0.277. The highest BCUT2D eigenvalue weighted by Crippen LogP contribution is 2.26. The highest BCUT2D eigenvalue weighted by atomic mass is 16.5. The fraction of sp³-hybridized carbons (Fsp3) is 0.273. The first-order chi connectivity index (χ1) is 7.09. The molecule has 1 N–H and O–H groups in total. The van der Waals surface area contributed by atoms with Crippen LogP contribution in [0.15, 0.2) is 18.2 Å². The van der Waals surface area contributed by atoms with Crippen LogP contribution in [-0.4, -0.2) is 17.9 Å². The summed E-state index contributed by atoms with van der Waals surface area (Å²) < 4.78 is 5.46. The predicted octanol–water partition coefficient (Wildman–Crippen LogP) is 1.36. The van der Waals surface area contributed by atoms with Crippen LogP contribution in [0.2, 0.25) is 0 Å². The van der Waals surface area contributed by atoms with Crippen molar-refractivity contribution in [3.05, 3.63) is 29.3 Å². The topological polar surface area (TPSA) is 55.4 Å². The molecule has 0 aromatic heterocycles. The highest BCUT2D eigenvalue weighted by molar-refractivity contribution is 6.22. The quantitative estimate of drug-likeness (QED) is 0.741. The molecular formula is C11H11NO3. The van der Waals surface area contributed by atoms with E-state index in [0.717, 1.165) is 0 Å². The molecular weight excluding hydrogens is 194 g/mol. The number of carbonyl (C=O) groups excluding carboxylic acids is 2. The number of amides is 2. The molecule has 2 amide bonds. The molecule has 0 radical (unpaired) electrons. The smallest absolute Gasteiger partial charge is 0.262 e. The van der Waals surface area contributed by atoms with Crippen LogP contribution in [-0.2, 0) is 0 Å². The van der Waals surface area contributed by atoms with Gasteiger partial charge in [0.2, 0.25) is 0 Å². The fourth-order valence-electron chi connectivity index (χ4n) is 1.54. The number of ether oxygens (including phenoxy) is 1. The predicted molar refractivity (Wildman–Crippen MR) is 54.0 cm³/mol. The molecule has 15 heavy (non-hydrogen) atoms. The second-order valence-corrected chi connectivity index (χ2v) is 3.63. The number of benzene rings is 1. The molecule has 0 unspecified atom stereocenters. The second-order valence-electron chi connectivity index (χ2n) is 3.63. The molecule has 0 atom stereocenters. The van der Waals surface area contributed by atoms with Crippen molar-refractivity contribution in [3.8, 4) is 5.75 Å². The minimum absolute atomic E-state index is 0.0278. The summed E-state index contributed by atoms with van der Waals surface area (Å²) in [5.41, 5.74) is 0.731. The average Bonchev–Trinajstić information content (AvgIpc) is 2.43. The Balaban J connectivity index is 2.50. The average molecular weight is 205 g/mol. The van der Waals surface area contributed by atoms with E-state index in [9.17, 15) is 9.59 Å². The molecule has 1 aromatic rings. The number of fused-ring (bicyclic) bond motifs is 1. The lowest BCUT2D eigenvalue weighted by Gasteiger charge is -2.11. The van der Waals surface area contributed by atoms with Crippen molar-refractivity contribution < 1.29 is 14.3 Å². The van der Waals surface area contributed by atoms with Crippen molar-refractivity contribution in [1.82, 2.24) is 5.32 Å². The van der Waals surface area contributed by atoms with Crippen molar-refractivity contribution in [1.29, 1.82) is 0 Å². The van der Waals surface area contributed by atoms with Crippen LogP contribution in [0.3, 0.4) is 0 Å². The van der Waals surface area contributed by atoms with Gasteiger partial charge >= 0.3 is 0 Å². The van der Waals surface area contributed by atoms with Gasteiger partial charge in [-0.2, -0.15) is 0 Å². The lowest BCUT2D eigenvalue weighted by atomic mass is 10.1. The molecule has 78 valence electrons. The molecule has 0 aliphatic carbocycles. The van der Waals surface area contributed by atoms with Crippen molar-refractivity contribution in [2.24, 2.45) is 0 Å². The number of hydrogen-bond donors (Lipinski definition) is 1. The third-order valence-electron chi connectivity index (χ3n) is 2.09. The molecule has 1 aromatic carbocycles. The minimum Gasteiger partial charge on any atom is -0.490 e. The van der Waals surface area contributed by atoms with Crippen LogP contribution in [0.25, 0.3) is 0 Å². The van der Waals surface area contributed by atoms with Crippen molar-refractivity contribution in [2.45, 2.75) is 20.0 Å². The summed E-state index contributed by atoms with van der Waals surface area (Å²) in [6, 6.07) is 5.01. The Labute approximate surface area is 87.2 Å². The molecule has 2 rings (SSSR count). The zero-order valence-corrected chi connectivity index (χ0v) is 8.53. The van der Waals surface area contributed by atoms with Gasteiger partial charge in [0, 0.05) is 0 Å². The van der Waals surface area contributed by atoms with Crippen LogP contribution in [0.1, 0.15) is 34.6 Å². The minimum atomic E-state index is -0.383. The number of nitrogens with one attached hydrogen (secondary N) is 1. The Morgan fingerprint density at radius 2 is 1.93 bits per heavy atom. The van der Waals surface area contributed by atoms with Gasteiger partial charge in [-0.1, -0.05) is 6.07 Å². The monoisotopic (exact) mass is 205 g/mol. The van der Waals surface area contributed by atoms with E-state index in [1.807, 2.05) is 13.8 Å². The summed E-state index contributed by atoms with van der Waals surface area (Å²) in [6.07, 6.45) is -0.0278.